The van der Waals surface area contributed by atoms with Gasteiger partial charge in [0.2, 0.25) is 0 Å². The van der Waals surface area contributed by atoms with Gasteiger partial charge in [-0.2, -0.15) is 0 Å². The van der Waals surface area contributed by atoms with Gasteiger partial charge in [-0.1, -0.05) is 24.3 Å². The van der Waals surface area contributed by atoms with Crippen molar-refractivity contribution >= 4 is 16.7 Å². The second-order valence-electron chi connectivity index (χ2n) is 6.42. The summed E-state index contributed by atoms with van der Waals surface area (Å²) in [5, 5.41) is 10.7. The highest BCUT2D eigenvalue weighted by atomic mass is 16.6. The van der Waals surface area contributed by atoms with E-state index in [4.69, 9.17) is 28.8 Å². The van der Waals surface area contributed by atoms with Crippen molar-refractivity contribution < 1.29 is 33.6 Å². The van der Waals surface area contributed by atoms with Crippen LogP contribution in [-0.2, 0) is 23.7 Å². The van der Waals surface area contributed by atoms with Crippen molar-refractivity contribution in [2.24, 2.45) is 0 Å². The third-order valence-corrected chi connectivity index (χ3v) is 4.38. The van der Waals surface area contributed by atoms with Crippen LogP contribution in [0.1, 0.15) is 18.4 Å². The number of fused-ring (bicyclic) bond motifs is 1. The predicted octanol–water partition coefficient (Wildman–Crippen LogP) is 2.54. The summed E-state index contributed by atoms with van der Waals surface area (Å²) in [4.78, 5) is 12.3. The second-order valence-corrected chi connectivity index (χ2v) is 6.42. The highest BCUT2D eigenvalue weighted by Crippen LogP contribution is 2.25. The number of carbonyl (C=O) groups excluding carboxylic acids is 1. The lowest BCUT2D eigenvalue weighted by molar-refractivity contribution is -0.146. The molecule has 0 bridgehead atoms. The number of esters is 1. The van der Waals surface area contributed by atoms with E-state index in [0.29, 0.717) is 39.6 Å². The molecular formula is C22H30O7. The molecule has 0 spiro atoms. The first kappa shape index (κ1) is 23.1. The Morgan fingerprint density at radius 3 is 2.10 bits per heavy atom. The van der Waals surface area contributed by atoms with Crippen LogP contribution in [0.2, 0.25) is 0 Å². The van der Waals surface area contributed by atoms with E-state index in [9.17, 15) is 4.79 Å². The van der Waals surface area contributed by atoms with Gasteiger partial charge in [-0.3, -0.25) is 4.79 Å². The van der Waals surface area contributed by atoms with Gasteiger partial charge in [0.15, 0.2) is 0 Å². The van der Waals surface area contributed by atoms with Gasteiger partial charge in [0, 0.05) is 0 Å². The molecular weight excluding hydrogens is 376 g/mol. The number of aliphatic hydroxyl groups is 1. The minimum atomic E-state index is -0.358. The summed E-state index contributed by atoms with van der Waals surface area (Å²) in [6, 6.07) is 11.8. The van der Waals surface area contributed by atoms with E-state index in [2.05, 4.69) is 0 Å². The van der Waals surface area contributed by atoms with Gasteiger partial charge in [0.1, 0.15) is 12.4 Å². The monoisotopic (exact) mass is 406 g/mol. The number of hydrogen-bond acceptors (Lipinski definition) is 7. The first-order chi connectivity index (χ1) is 14.2. The van der Waals surface area contributed by atoms with E-state index < -0.39 is 0 Å². The maximum atomic E-state index is 12.3. The van der Waals surface area contributed by atoms with Crippen molar-refractivity contribution in [3.8, 4) is 5.75 Å². The van der Waals surface area contributed by atoms with Gasteiger partial charge in [-0.25, -0.2) is 0 Å². The summed E-state index contributed by atoms with van der Waals surface area (Å²) in [7, 11) is 1.64. The molecule has 160 valence electrons. The normalized spacial score (nSPS) is 12.1. The quantitative estimate of drug-likeness (QED) is 0.381. The van der Waals surface area contributed by atoms with E-state index >= 15 is 0 Å². The van der Waals surface area contributed by atoms with Crippen molar-refractivity contribution in [3.05, 3.63) is 42.0 Å². The smallest absolute Gasteiger partial charge is 0.313 e. The lowest BCUT2D eigenvalue weighted by atomic mass is 9.98. The molecule has 0 aliphatic heterocycles. The van der Waals surface area contributed by atoms with Gasteiger partial charge in [0.05, 0.1) is 59.3 Å². The number of rotatable bonds is 14. The van der Waals surface area contributed by atoms with Crippen LogP contribution in [-0.4, -0.2) is 71.0 Å². The van der Waals surface area contributed by atoms with Crippen LogP contribution < -0.4 is 4.74 Å². The molecule has 7 nitrogen and oxygen atoms in total. The number of methoxy groups -OCH3 is 1. The van der Waals surface area contributed by atoms with Crippen LogP contribution in [0, 0.1) is 0 Å². The maximum absolute atomic E-state index is 12.3. The fourth-order valence-corrected chi connectivity index (χ4v) is 2.71. The van der Waals surface area contributed by atoms with Crippen LogP contribution in [0.3, 0.4) is 0 Å². The molecule has 7 heteroatoms. The molecule has 2 aromatic carbocycles. The van der Waals surface area contributed by atoms with Gasteiger partial charge in [0.25, 0.3) is 0 Å². The zero-order valence-electron chi connectivity index (χ0n) is 17.1. The fraction of sp³-hybridized carbons (Fsp3) is 0.500. The molecule has 0 radical (unpaired) electrons. The van der Waals surface area contributed by atoms with Gasteiger partial charge in [-0.15, -0.1) is 0 Å². The Morgan fingerprint density at radius 1 is 0.862 bits per heavy atom. The zero-order chi connectivity index (χ0) is 20.9. The van der Waals surface area contributed by atoms with Crippen LogP contribution >= 0.6 is 0 Å². The summed E-state index contributed by atoms with van der Waals surface area (Å²) >= 11 is 0. The van der Waals surface area contributed by atoms with Crippen LogP contribution in [0.4, 0.5) is 0 Å². The molecule has 0 amide bonds. The van der Waals surface area contributed by atoms with Crippen LogP contribution in [0.15, 0.2) is 36.4 Å². The van der Waals surface area contributed by atoms with Crippen molar-refractivity contribution in [1.29, 1.82) is 0 Å². The standard InChI is InChI=1S/C22H30O7/c1-17(18-3-4-20-16-21(25-2)6-5-19(20)15-18)22(24)29-14-13-28-12-11-27-10-9-26-8-7-23/h3-6,15-17,23H,7-14H2,1-2H3/t17-/m0/s1. The Balaban J connectivity index is 1.64. The topological polar surface area (TPSA) is 83.5 Å². The van der Waals surface area contributed by atoms with Crippen LogP contribution in [0.5, 0.6) is 5.75 Å². The zero-order valence-corrected chi connectivity index (χ0v) is 17.1. The summed E-state index contributed by atoms with van der Waals surface area (Å²) in [5.74, 6) is 0.167. The molecule has 0 aliphatic carbocycles. The first-order valence-corrected chi connectivity index (χ1v) is 9.74. The Hall–Kier alpha value is -2.19. The van der Waals surface area contributed by atoms with E-state index in [1.54, 1.807) is 7.11 Å². The number of ether oxygens (including phenoxy) is 5. The van der Waals surface area contributed by atoms with Crippen molar-refractivity contribution in [2.75, 3.05) is 60.0 Å². The second kappa shape index (κ2) is 13.1. The molecule has 2 aromatic rings. The largest absolute Gasteiger partial charge is 0.497 e. The highest BCUT2D eigenvalue weighted by Gasteiger charge is 2.17. The van der Waals surface area contributed by atoms with E-state index in [-0.39, 0.29) is 25.1 Å². The minimum absolute atomic E-state index is 0.0105. The van der Waals surface area contributed by atoms with Gasteiger partial charge >= 0.3 is 5.97 Å². The number of benzene rings is 2. The fourth-order valence-electron chi connectivity index (χ4n) is 2.71. The maximum Gasteiger partial charge on any atom is 0.313 e. The molecule has 1 atom stereocenters. The average molecular weight is 406 g/mol. The molecule has 0 aliphatic rings. The highest BCUT2D eigenvalue weighted by molar-refractivity contribution is 5.86. The summed E-state index contributed by atoms with van der Waals surface area (Å²) < 4.78 is 26.3. The molecule has 1 N–H and O–H groups in total. The summed E-state index contributed by atoms with van der Waals surface area (Å²) in [6.45, 7) is 4.44. The lowest BCUT2D eigenvalue weighted by Gasteiger charge is -2.13. The molecule has 0 saturated carbocycles. The Kier molecular flexibility index (Phi) is 10.4. The first-order valence-electron chi connectivity index (χ1n) is 9.74. The van der Waals surface area contributed by atoms with Gasteiger partial charge < -0.3 is 28.8 Å². The van der Waals surface area contributed by atoms with E-state index in [1.165, 1.54) is 0 Å². The summed E-state index contributed by atoms with van der Waals surface area (Å²) in [6.07, 6.45) is 0. The minimum Gasteiger partial charge on any atom is -0.497 e. The Morgan fingerprint density at radius 2 is 1.45 bits per heavy atom. The third-order valence-electron chi connectivity index (χ3n) is 4.38. The molecule has 2 rings (SSSR count). The van der Waals surface area contributed by atoms with Crippen molar-refractivity contribution in [2.45, 2.75) is 12.8 Å². The van der Waals surface area contributed by atoms with Crippen LogP contribution in [0.25, 0.3) is 10.8 Å². The lowest BCUT2D eigenvalue weighted by Crippen LogP contribution is -2.17. The Labute approximate surface area is 171 Å². The van der Waals surface area contributed by atoms with Gasteiger partial charge in [-0.05, 0) is 35.4 Å². The molecule has 29 heavy (non-hydrogen) atoms. The number of hydrogen-bond donors (Lipinski definition) is 1. The number of carbonyl (C=O) groups is 1. The van der Waals surface area contributed by atoms with Crippen molar-refractivity contribution in [1.82, 2.24) is 0 Å². The van der Waals surface area contributed by atoms with E-state index in [0.717, 1.165) is 22.1 Å². The van der Waals surface area contributed by atoms with Crippen molar-refractivity contribution in [3.63, 3.8) is 0 Å². The third kappa shape index (κ3) is 7.98. The summed E-state index contributed by atoms with van der Waals surface area (Å²) in [5.41, 5.74) is 0.908. The number of aliphatic hydroxyl groups excluding tert-OH is 1. The molecule has 0 fully saturated rings. The Bertz CT molecular complexity index is 747. The molecule has 0 heterocycles. The average Bonchev–Trinajstić information content (AvgIpc) is 2.76. The molecule has 0 aromatic heterocycles. The SMILES string of the molecule is COc1ccc2cc([C@H](C)C(=O)OCCOCCOCCOCCO)ccc2c1. The molecule has 0 saturated heterocycles. The molecule has 0 unspecified atom stereocenters. The predicted molar refractivity (Wildman–Crippen MR) is 109 cm³/mol. The van der Waals surface area contributed by atoms with E-state index in [1.807, 2.05) is 43.3 Å².